The van der Waals surface area contributed by atoms with Crippen LogP contribution in [0.25, 0.3) is 11.4 Å². The van der Waals surface area contributed by atoms with E-state index in [1.807, 2.05) is 25.1 Å². The minimum atomic E-state index is 0.471. The van der Waals surface area contributed by atoms with Crippen molar-refractivity contribution in [3.63, 3.8) is 0 Å². The molecule has 0 spiro atoms. The molecule has 0 amide bonds. The molecule has 94 valence electrons. The maximum Gasteiger partial charge on any atom is 0.165 e. The monoisotopic (exact) mass is 307 g/mol. The number of hydrogen-bond acceptors (Lipinski definition) is 4. The van der Waals surface area contributed by atoms with Crippen LogP contribution in [0.2, 0.25) is 0 Å². The molecule has 0 aliphatic rings. The number of methoxy groups -OCH3 is 1. The molecule has 0 saturated carbocycles. The molecule has 2 N–H and O–H groups in total. The number of aromatic nitrogens is 2. The van der Waals surface area contributed by atoms with Crippen LogP contribution in [0.1, 0.15) is 12.6 Å². The van der Waals surface area contributed by atoms with E-state index >= 15 is 0 Å². The Morgan fingerprint density at radius 1 is 1.28 bits per heavy atom. The summed E-state index contributed by atoms with van der Waals surface area (Å²) in [4.78, 5) is 8.75. The molecule has 2 rings (SSSR count). The van der Waals surface area contributed by atoms with Crippen molar-refractivity contribution in [1.82, 2.24) is 9.97 Å². The number of nitrogen functional groups attached to an aromatic ring is 1. The first kappa shape index (κ1) is 12.8. The maximum absolute atomic E-state index is 5.80. The van der Waals surface area contributed by atoms with Crippen molar-refractivity contribution in [2.24, 2.45) is 0 Å². The Morgan fingerprint density at radius 3 is 2.72 bits per heavy atom. The molecular weight excluding hydrogens is 294 g/mol. The van der Waals surface area contributed by atoms with E-state index in [1.165, 1.54) is 0 Å². The van der Waals surface area contributed by atoms with Crippen LogP contribution in [-0.2, 0) is 6.42 Å². The van der Waals surface area contributed by atoms with Crippen LogP contribution in [-0.4, -0.2) is 17.1 Å². The number of anilines is 1. The smallest absolute Gasteiger partial charge is 0.165 e. The van der Waals surface area contributed by atoms with Crippen LogP contribution in [0.15, 0.2) is 28.7 Å². The topological polar surface area (TPSA) is 61.0 Å². The van der Waals surface area contributed by atoms with Gasteiger partial charge in [-0.1, -0.05) is 22.9 Å². The van der Waals surface area contributed by atoms with Crippen molar-refractivity contribution in [2.45, 2.75) is 13.3 Å². The Morgan fingerprint density at radius 2 is 2.06 bits per heavy atom. The number of nitrogens with two attached hydrogens (primary N) is 1. The van der Waals surface area contributed by atoms with Gasteiger partial charge >= 0.3 is 0 Å². The largest absolute Gasteiger partial charge is 0.496 e. The van der Waals surface area contributed by atoms with Crippen molar-refractivity contribution < 1.29 is 4.74 Å². The molecule has 1 heterocycles. The zero-order chi connectivity index (χ0) is 13.1. The molecule has 0 atom stereocenters. The van der Waals surface area contributed by atoms with Crippen LogP contribution in [0.4, 0.5) is 5.82 Å². The second-order valence-electron chi connectivity index (χ2n) is 3.81. The SMILES string of the molecule is CCc1cc(N)nc(-c2cc(Br)ccc2OC)n1. The highest BCUT2D eigenvalue weighted by molar-refractivity contribution is 9.10. The average molecular weight is 308 g/mol. The summed E-state index contributed by atoms with van der Waals surface area (Å²) in [7, 11) is 1.62. The maximum atomic E-state index is 5.80. The van der Waals surface area contributed by atoms with Crippen LogP contribution < -0.4 is 10.5 Å². The summed E-state index contributed by atoms with van der Waals surface area (Å²) in [5.74, 6) is 1.79. The quantitative estimate of drug-likeness (QED) is 0.946. The first-order valence-corrected chi connectivity index (χ1v) is 6.40. The third kappa shape index (κ3) is 2.61. The number of ether oxygens (including phenoxy) is 1. The van der Waals surface area contributed by atoms with E-state index in [9.17, 15) is 0 Å². The average Bonchev–Trinajstić information content (AvgIpc) is 2.38. The van der Waals surface area contributed by atoms with E-state index in [2.05, 4.69) is 25.9 Å². The van der Waals surface area contributed by atoms with Gasteiger partial charge in [0.05, 0.1) is 12.7 Å². The second kappa shape index (κ2) is 5.35. The number of benzene rings is 1. The molecule has 2 aromatic rings. The van der Waals surface area contributed by atoms with Gasteiger partial charge in [0.15, 0.2) is 5.82 Å². The Labute approximate surface area is 114 Å². The number of halogens is 1. The van der Waals surface area contributed by atoms with Crippen molar-refractivity contribution in [1.29, 1.82) is 0 Å². The Kier molecular flexibility index (Phi) is 3.81. The lowest BCUT2D eigenvalue weighted by atomic mass is 10.2. The molecule has 4 nitrogen and oxygen atoms in total. The van der Waals surface area contributed by atoms with E-state index in [-0.39, 0.29) is 0 Å². The molecule has 1 aromatic carbocycles. The van der Waals surface area contributed by atoms with Gasteiger partial charge in [-0.15, -0.1) is 0 Å². The lowest BCUT2D eigenvalue weighted by Crippen LogP contribution is -2.00. The minimum absolute atomic E-state index is 0.471. The van der Waals surface area contributed by atoms with Gasteiger partial charge in [0.1, 0.15) is 11.6 Å². The van der Waals surface area contributed by atoms with Crippen LogP contribution >= 0.6 is 15.9 Å². The molecule has 0 radical (unpaired) electrons. The lowest BCUT2D eigenvalue weighted by Gasteiger charge is -2.09. The molecule has 0 bridgehead atoms. The van der Waals surface area contributed by atoms with E-state index in [0.717, 1.165) is 27.9 Å². The van der Waals surface area contributed by atoms with Crippen LogP contribution in [0, 0.1) is 0 Å². The van der Waals surface area contributed by atoms with Gasteiger partial charge in [-0.25, -0.2) is 9.97 Å². The number of hydrogen-bond donors (Lipinski definition) is 1. The summed E-state index contributed by atoms with van der Waals surface area (Å²) in [6.45, 7) is 2.03. The Bertz CT molecular complexity index is 572. The molecule has 5 heteroatoms. The Balaban J connectivity index is 2.60. The first-order valence-electron chi connectivity index (χ1n) is 5.61. The molecule has 0 aliphatic carbocycles. The number of nitrogens with zero attached hydrogens (tertiary/aromatic N) is 2. The second-order valence-corrected chi connectivity index (χ2v) is 4.72. The van der Waals surface area contributed by atoms with E-state index in [1.54, 1.807) is 13.2 Å². The Hall–Kier alpha value is -1.62. The molecule has 0 fully saturated rings. The van der Waals surface area contributed by atoms with Crippen molar-refractivity contribution in [2.75, 3.05) is 12.8 Å². The standard InChI is InChI=1S/C13H14BrN3O/c1-3-9-7-12(15)17-13(16-9)10-6-8(14)4-5-11(10)18-2/h4-7H,3H2,1-2H3,(H2,15,16,17). The van der Waals surface area contributed by atoms with E-state index in [4.69, 9.17) is 10.5 Å². The zero-order valence-corrected chi connectivity index (χ0v) is 11.9. The third-order valence-electron chi connectivity index (χ3n) is 2.56. The number of aryl methyl sites for hydroxylation is 1. The summed E-state index contributed by atoms with van der Waals surface area (Å²) < 4.78 is 6.27. The lowest BCUT2D eigenvalue weighted by molar-refractivity contribution is 0.416. The van der Waals surface area contributed by atoms with Gasteiger partial charge in [-0.2, -0.15) is 0 Å². The highest BCUT2D eigenvalue weighted by atomic mass is 79.9. The fourth-order valence-electron chi connectivity index (χ4n) is 1.68. The molecular formula is C13H14BrN3O. The summed E-state index contributed by atoms with van der Waals surface area (Å²) in [6, 6.07) is 7.49. The fourth-order valence-corrected chi connectivity index (χ4v) is 2.04. The third-order valence-corrected chi connectivity index (χ3v) is 3.06. The number of rotatable bonds is 3. The summed E-state index contributed by atoms with van der Waals surface area (Å²) in [6.07, 6.45) is 0.816. The van der Waals surface area contributed by atoms with Gasteiger partial charge < -0.3 is 10.5 Å². The molecule has 0 saturated heterocycles. The molecule has 0 aliphatic heterocycles. The first-order chi connectivity index (χ1) is 8.63. The zero-order valence-electron chi connectivity index (χ0n) is 10.3. The van der Waals surface area contributed by atoms with Crippen molar-refractivity contribution >= 4 is 21.7 Å². The van der Waals surface area contributed by atoms with Gasteiger partial charge in [-0.3, -0.25) is 0 Å². The summed E-state index contributed by atoms with van der Waals surface area (Å²) in [5.41, 5.74) is 7.54. The normalized spacial score (nSPS) is 10.4. The van der Waals surface area contributed by atoms with E-state index in [0.29, 0.717) is 11.6 Å². The molecule has 18 heavy (non-hydrogen) atoms. The van der Waals surface area contributed by atoms with Crippen LogP contribution in [0.5, 0.6) is 5.75 Å². The molecule has 0 unspecified atom stereocenters. The fraction of sp³-hybridized carbons (Fsp3) is 0.231. The van der Waals surface area contributed by atoms with E-state index < -0.39 is 0 Å². The van der Waals surface area contributed by atoms with Gasteiger partial charge in [0.2, 0.25) is 0 Å². The minimum Gasteiger partial charge on any atom is -0.496 e. The van der Waals surface area contributed by atoms with Crippen LogP contribution in [0.3, 0.4) is 0 Å². The van der Waals surface area contributed by atoms with Gasteiger partial charge in [-0.05, 0) is 24.6 Å². The molecule has 1 aromatic heterocycles. The highest BCUT2D eigenvalue weighted by Crippen LogP contribution is 2.30. The van der Waals surface area contributed by atoms with Gasteiger partial charge in [0.25, 0.3) is 0 Å². The summed E-state index contributed by atoms with van der Waals surface area (Å²) >= 11 is 3.43. The highest BCUT2D eigenvalue weighted by Gasteiger charge is 2.11. The van der Waals surface area contributed by atoms with Crippen molar-refractivity contribution in [3.05, 3.63) is 34.4 Å². The predicted molar refractivity (Wildman–Crippen MR) is 75.5 cm³/mol. The predicted octanol–water partition coefficient (Wildman–Crippen LogP) is 3.06. The van der Waals surface area contributed by atoms with Gasteiger partial charge in [0, 0.05) is 16.2 Å². The summed E-state index contributed by atoms with van der Waals surface area (Å²) in [5, 5.41) is 0. The van der Waals surface area contributed by atoms with Crippen molar-refractivity contribution in [3.8, 4) is 17.1 Å².